The number of terminal acetylenes is 1. The molecule has 0 aromatic heterocycles. The van der Waals surface area contributed by atoms with E-state index < -0.39 is 5.97 Å². The third kappa shape index (κ3) is 3.88. The highest BCUT2D eigenvalue weighted by molar-refractivity contribution is 6.32. The van der Waals surface area contributed by atoms with E-state index in [1.54, 1.807) is 31.2 Å². The molecular formula is C21H15N2O4-. The molecule has 6 nitrogen and oxygen atoms in total. The maximum atomic E-state index is 12.8. The standard InChI is InChI=1S/C21H16N2O4/c1-3-11-27-18-6-4-5-15(12-18)13-19-14(2)22-23(20(19)24)17-9-7-16(8-10-17)21(25)26/h1,4-10,12-13H,11H2,2H3,(H,25,26)/p-1/b19-13-. The van der Waals surface area contributed by atoms with Gasteiger partial charge >= 0.3 is 0 Å². The molecule has 0 fully saturated rings. The maximum absolute atomic E-state index is 12.8. The van der Waals surface area contributed by atoms with Crippen LogP contribution in [0.15, 0.2) is 59.2 Å². The Bertz CT molecular complexity index is 998. The molecule has 1 amide bonds. The van der Waals surface area contributed by atoms with E-state index in [2.05, 4.69) is 11.0 Å². The van der Waals surface area contributed by atoms with Gasteiger partial charge < -0.3 is 14.6 Å². The molecule has 0 radical (unpaired) electrons. The van der Waals surface area contributed by atoms with Gasteiger partial charge in [0, 0.05) is 0 Å². The Morgan fingerprint density at radius 2 is 2.04 bits per heavy atom. The van der Waals surface area contributed by atoms with Crippen LogP contribution in [0.3, 0.4) is 0 Å². The monoisotopic (exact) mass is 359 g/mol. The molecule has 1 aliphatic rings. The molecule has 0 bridgehead atoms. The minimum absolute atomic E-state index is 0.0330. The zero-order valence-electron chi connectivity index (χ0n) is 14.5. The highest BCUT2D eigenvalue weighted by Crippen LogP contribution is 2.26. The number of hydrazone groups is 1. The summed E-state index contributed by atoms with van der Waals surface area (Å²) in [5.74, 6) is 1.43. The van der Waals surface area contributed by atoms with E-state index in [1.165, 1.54) is 29.3 Å². The predicted octanol–water partition coefficient (Wildman–Crippen LogP) is 1.87. The minimum Gasteiger partial charge on any atom is -0.545 e. The van der Waals surface area contributed by atoms with Crippen LogP contribution in [0.25, 0.3) is 6.08 Å². The van der Waals surface area contributed by atoms with Gasteiger partial charge in [-0.1, -0.05) is 30.2 Å². The summed E-state index contributed by atoms with van der Waals surface area (Å²) in [4.78, 5) is 23.6. The van der Waals surface area contributed by atoms with Crippen molar-refractivity contribution in [2.24, 2.45) is 5.10 Å². The van der Waals surface area contributed by atoms with Gasteiger partial charge in [-0.05, 0) is 48.4 Å². The molecule has 2 aromatic rings. The van der Waals surface area contributed by atoms with Crippen molar-refractivity contribution in [2.45, 2.75) is 6.92 Å². The molecule has 0 N–H and O–H groups in total. The first-order valence-corrected chi connectivity index (χ1v) is 8.09. The molecule has 0 saturated carbocycles. The summed E-state index contributed by atoms with van der Waals surface area (Å²) in [7, 11) is 0. The summed E-state index contributed by atoms with van der Waals surface area (Å²) in [5.41, 5.74) is 2.27. The Morgan fingerprint density at radius 1 is 1.30 bits per heavy atom. The lowest BCUT2D eigenvalue weighted by Crippen LogP contribution is -2.23. The number of hydrogen-bond donors (Lipinski definition) is 0. The number of benzene rings is 2. The second kappa shape index (κ2) is 7.58. The molecule has 0 unspecified atom stereocenters. The molecule has 0 atom stereocenters. The summed E-state index contributed by atoms with van der Waals surface area (Å²) < 4.78 is 5.39. The van der Waals surface area contributed by atoms with Crippen molar-refractivity contribution in [1.82, 2.24) is 0 Å². The lowest BCUT2D eigenvalue weighted by molar-refractivity contribution is -0.255. The number of carboxylic acids is 1. The van der Waals surface area contributed by atoms with Crippen molar-refractivity contribution >= 4 is 29.4 Å². The molecule has 27 heavy (non-hydrogen) atoms. The van der Waals surface area contributed by atoms with Crippen LogP contribution in [0.4, 0.5) is 5.69 Å². The smallest absolute Gasteiger partial charge is 0.280 e. The van der Waals surface area contributed by atoms with E-state index in [1.807, 2.05) is 6.07 Å². The fourth-order valence-electron chi connectivity index (χ4n) is 2.58. The molecule has 6 heteroatoms. The van der Waals surface area contributed by atoms with E-state index in [-0.39, 0.29) is 18.1 Å². The Morgan fingerprint density at radius 3 is 2.70 bits per heavy atom. The minimum atomic E-state index is -1.28. The van der Waals surface area contributed by atoms with Gasteiger partial charge in [0.2, 0.25) is 0 Å². The average Bonchev–Trinajstić information content (AvgIpc) is 2.95. The summed E-state index contributed by atoms with van der Waals surface area (Å²) in [6, 6.07) is 13.0. The Labute approximate surface area is 156 Å². The number of rotatable bonds is 5. The normalized spacial score (nSPS) is 14.8. The quantitative estimate of drug-likeness (QED) is 0.603. The maximum Gasteiger partial charge on any atom is 0.280 e. The molecule has 0 saturated heterocycles. The van der Waals surface area contributed by atoms with E-state index in [4.69, 9.17) is 11.2 Å². The zero-order valence-corrected chi connectivity index (χ0v) is 14.5. The topological polar surface area (TPSA) is 82.0 Å². The van der Waals surface area contributed by atoms with Crippen molar-refractivity contribution in [3.63, 3.8) is 0 Å². The third-order valence-corrected chi connectivity index (χ3v) is 3.90. The number of carbonyl (C=O) groups is 2. The summed E-state index contributed by atoms with van der Waals surface area (Å²) in [6.45, 7) is 1.90. The van der Waals surface area contributed by atoms with Gasteiger partial charge in [-0.2, -0.15) is 10.1 Å². The van der Waals surface area contributed by atoms with Crippen molar-refractivity contribution in [3.05, 3.63) is 65.2 Å². The fourth-order valence-corrected chi connectivity index (χ4v) is 2.58. The predicted molar refractivity (Wildman–Crippen MR) is 100 cm³/mol. The van der Waals surface area contributed by atoms with Crippen LogP contribution in [-0.4, -0.2) is 24.2 Å². The van der Waals surface area contributed by atoms with E-state index in [0.29, 0.717) is 22.7 Å². The fraction of sp³-hybridized carbons (Fsp3) is 0.0952. The number of carboxylic acid groups (broad SMARTS) is 1. The Kier molecular flexibility index (Phi) is 5.04. The molecular weight excluding hydrogens is 344 g/mol. The van der Waals surface area contributed by atoms with Crippen LogP contribution < -0.4 is 14.9 Å². The first-order valence-electron chi connectivity index (χ1n) is 8.09. The number of carbonyl (C=O) groups excluding carboxylic acids is 2. The van der Waals surface area contributed by atoms with Crippen LogP contribution in [0.5, 0.6) is 5.75 Å². The number of aromatic carboxylic acids is 1. The first-order chi connectivity index (χ1) is 13.0. The highest BCUT2D eigenvalue weighted by Gasteiger charge is 2.28. The van der Waals surface area contributed by atoms with Crippen molar-refractivity contribution in [1.29, 1.82) is 0 Å². The summed E-state index contributed by atoms with van der Waals surface area (Å²) >= 11 is 0. The summed E-state index contributed by atoms with van der Waals surface area (Å²) in [5, 5.41) is 16.4. The largest absolute Gasteiger partial charge is 0.545 e. The molecule has 0 aliphatic carbocycles. The Hall–Kier alpha value is -3.85. The van der Waals surface area contributed by atoms with Gasteiger partial charge in [0.1, 0.15) is 12.4 Å². The van der Waals surface area contributed by atoms with Crippen molar-refractivity contribution < 1.29 is 19.4 Å². The number of amides is 1. The lowest BCUT2D eigenvalue weighted by atomic mass is 10.1. The van der Waals surface area contributed by atoms with Gasteiger partial charge in [0.05, 0.1) is 22.9 Å². The van der Waals surface area contributed by atoms with E-state index >= 15 is 0 Å². The molecule has 0 spiro atoms. The number of hydrogen-bond acceptors (Lipinski definition) is 5. The zero-order chi connectivity index (χ0) is 19.4. The van der Waals surface area contributed by atoms with E-state index in [9.17, 15) is 14.7 Å². The third-order valence-electron chi connectivity index (χ3n) is 3.90. The highest BCUT2D eigenvalue weighted by atomic mass is 16.5. The van der Waals surface area contributed by atoms with Crippen molar-refractivity contribution in [2.75, 3.05) is 11.6 Å². The molecule has 134 valence electrons. The molecule has 1 heterocycles. The Balaban J connectivity index is 1.86. The van der Waals surface area contributed by atoms with Gasteiger partial charge in [0.15, 0.2) is 0 Å². The number of anilines is 1. The van der Waals surface area contributed by atoms with Crippen LogP contribution in [0.2, 0.25) is 0 Å². The number of ether oxygens (including phenoxy) is 1. The van der Waals surface area contributed by atoms with Gasteiger partial charge in [-0.25, -0.2) is 0 Å². The second-order valence-corrected chi connectivity index (χ2v) is 5.76. The average molecular weight is 359 g/mol. The van der Waals surface area contributed by atoms with Gasteiger partial charge in [-0.15, -0.1) is 6.42 Å². The van der Waals surface area contributed by atoms with Crippen LogP contribution in [0, 0.1) is 12.3 Å². The van der Waals surface area contributed by atoms with Crippen molar-refractivity contribution in [3.8, 4) is 18.1 Å². The lowest BCUT2D eigenvalue weighted by Gasteiger charge is -2.12. The van der Waals surface area contributed by atoms with Crippen LogP contribution in [0.1, 0.15) is 22.8 Å². The molecule has 2 aromatic carbocycles. The van der Waals surface area contributed by atoms with Gasteiger partial charge in [-0.3, -0.25) is 4.79 Å². The molecule has 3 rings (SSSR count). The second-order valence-electron chi connectivity index (χ2n) is 5.76. The van der Waals surface area contributed by atoms with Gasteiger partial charge in [0.25, 0.3) is 5.91 Å². The SMILES string of the molecule is C#CCOc1cccc(/C=C2\C(=O)N(c3ccc(C(=O)[O-])cc3)N=C2C)c1. The molecule has 1 aliphatic heterocycles. The van der Waals surface area contributed by atoms with Crippen LogP contribution in [-0.2, 0) is 4.79 Å². The van der Waals surface area contributed by atoms with Crippen LogP contribution >= 0.6 is 0 Å². The number of nitrogens with zero attached hydrogens (tertiary/aromatic N) is 2. The first kappa shape index (κ1) is 18.0. The summed E-state index contributed by atoms with van der Waals surface area (Å²) in [6.07, 6.45) is 6.91. The van der Waals surface area contributed by atoms with E-state index in [0.717, 1.165) is 5.56 Å².